The molecule has 0 aliphatic carbocycles. The minimum absolute atomic E-state index is 0.000996. The first-order valence-electron chi connectivity index (χ1n) is 10.3. The Morgan fingerprint density at radius 1 is 1.23 bits per heavy atom. The number of ether oxygens (including phenoxy) is 1. The SMILES string of the molecule is CCn1c(SCC(=O)Nc2sc(C(=O)N(C)C)c(C)c2C(=O)OC)nnc1-c1ccc(Cl)cc1Cl. The zero-order valence-electron chi connectivity index (χ0n) is 19.6. The number of thiophene rings is 1. The maximum Gasteiger partial charge on any atom is 0.341 e. The smallest absolute Gasteiger partial charge is 0.341 e. The molecule has 0 radical (unpaired) electrons. The van der Waals surface area contributed by atoms with Gasteiger partial charge in [-0.2, -0.15) is 0 Å². The van der Waals surface area contributed by atoms with E-state index >= 15 is 0 Å². The number of esters is 1. The predicted octanol–water partition coefficient (Wildman–Crippen LogP) is 4.86. The van der Waals surface area contributed by atoms with Crippen molar-refractivity contribution in [2.24, 2.45) is 0 Å². The molecule has 2 heterocycles. The number of rotatable bonds is 8. The molecule has 2 aromatic heterocycles. The second-order valence-electron chi connectivity index (χ2n) is 7.46. The van der Waals surface area contributed by atoms with Crippen molar-refractivity contribution >= 4 is 69.1 Å². The summed E-state index contributed by atoms with van der Waals surface area (Å²) in [5, 5.41) is 12.9. The summed E-state index contributed by atoms with van der Waals surface area (Å²) in [6.45, 7) is 4.13. The van der Waals surface area contributed by atoms with Crippen LogP contribution in [0, 0.1) is 6.92 Å². The minimum Gasteiger partial charge on any atom is -0.465 e. The number of hydrogen-bond donors (Lipinski definition) is 1. The molecule has 13 heteroatoms. The quantitative estimate of drug-likeness (QED) is 0.312. The molecule has 3 aromatic rings. The van der Waals surface area contributed by atoms with Crippen LogP contribution in [0.3, 0.4) is 0 Å². The fraction of sp³-hybridized carbons (Fsp3) is 0.318. The molecule has 0 bridgehead atoms. The lowest BCUT2D eigenvalue weighted by Crippen LogP contribution is -2.21. The monoisotopic (exact) mass is 555 g/mol. The van der Waals surface area contributed by atoms with Crippen molar-refractivity contribution in [2.45, 2.75) is 25.5 Å². The Balaban J connectivity index is 1.80. The number of methoxy groups -OCH3 is 1. The number of carbonyl (C=O) groups is 3. The number of nitrogens with zero attached hydrogens (tertiary/aromatic N) is 4. The Morgan fingerprint density at radius 3 is 2.54 bits per heavy atom. The Kier molecular flexibility index (Phi) is 8.81. The summed E-state index contributed by atoms with van der Waals surface area (Å²) in [7, 11) is 4.48. The Hall–Kier alpha value is -2.60. The number of carbonyl (C=O) groups excluding carboxylic acids is 3. The van der Waals surface area contributed by atoms with Crippen LogP contribution in [0.25, 0.3) is 11.4 Å². The van der Waals surface area contributed by atoms with Crippen LogP contribution in [0.5, 0.6) is 0 Å². The predicted molar refractivity (Wildman–Crippen MR) is 139 cm³/mol. The van der Waals surface area contributed by atoms with Gasteiger partial charge in [0.1, 0.15) is 5.00 Å². The summed E-state index contributed by atoms with van der Waals surface area (Å²) in [4.78, 5) is 39.4. The molecule has 1 N–H and O–H groups in total. The summed E-state index contributed by atoms with van der Waals surface area (Å²) in [5.41, 5.74) is 1.30. The average molecular weight is 556 g/mol. The van der Waals surface area contributed by atoms with Crippen LogP contribution in [-0.4, -0.2) is 64.4 Å². The van der Waals surface area contributed by atoms with Gasteiger partial charge in [-0.15, -0.1) is 21.5 Å². The third-order valence-electron chi connectivity index (χ3n) is 4.93. The number of benzene rings is 1. The summed E-state index contributed by atoms with van der Waals surface area (Å²) in [6.07, 6.45) is 0. The van der Waals surface area contributed by atoms with Gasteiger partial charge in [-0.1, -0.05) is 35.0 Å². The third kappa shape index (κ3) is 5.80. The fourth-order valence-corrected chi connectivity index (χ4v) is 5.73. The van der Waals surface area contributed by atoms with E-state index in [0.29, 0.717) is 43.6 Å². The van der Waals surface area contributed by atoms with Crippen LogP contribution in [0.2, 0.25) is 10.0 Å². The first-order chi connectivity index (χ1) is 16.6. The first-order valence-corrected chi connectivity index (χ1v) is 12.9. The fourth-order valence-electron chi connectivity index (χ4n) is 3.20. The van der Waals surface area contributed by atoms with Gasteiger partial charge < -0.3 is 19.5 Å². The van der Waals surface area contributed by atoms with Crippen molar-refractivity contribution in [3.63, 3.8) is 0 Å². The van der Waals surface area contributed by atoms with Gasteiger partial charge in [0.25, 0.3) is 5.91 Å². The van der Waals surface area contributed by atoms with Gasteiger partial charge in [-0.05, 0) is 37.6 Å². The molecule has 0 saturated carbocycles. The van der Waals surface area contributed by atoms with Gasteiger partial charge in [-0.25, -0.2) is 4.79 Å². The highest BCUT2D eigenvalue weighted by Crippen LogP contribution is 2.35. The first kappa shape index (κ1) is 27.0. The highest BCUT2D eigenvalue weighted by atomic mass is 35.5. The summed E-state index contributed by atoms with van der Waals surface area (Å²) in [5.74, 6) is -0.708. The van der Waals surface area contributed by atoms with Crippen molar-refractivity contribution in [3.8, 4) is 11.4 Å². The van der Waals surface area contributed by atoms with Crippen LogP contribution >= 0.6 is 46.3 Å². The molecule has 0 fully saturated rings. The van der Waals surface area contributed by atoms with E-state index in [9.17, 15) is 14.4 Å². The molecular formula is C22H23Cl2N5O4S2. The molecule has 0 aliphatic rings. The van der Waals surface area contributed by atoms with Gasteiger partial charge >= 0.3 is 5.97 Å². The second kappa shape index (κ2) is 11.4. The molecular weight excluding hydrogens is 533 g/mol. The molecule has 186 valence electrons. The van der Waals surface area contributed by atoms with E-state index in [2.05, 4.69) is 15.5 Å². The lowest BCUT2D eigenvalue weighted by molar-refractivity contribution is -0.113. The van der Waals surface area contributed by atoms with Gasteiger partial charge in [0.05, 0.1) is 28.3 Å². The molecule has 0 unspecified atom stereocenters. The highest BCUT2D eigenvalue weighted by Gasteiger charge is 2.27. The average Bonchev–Trinajstić information content (AvgIpc) is 3.36. The van der Waals surface area contributed by atoms with Crippen LogP contribution in [0.1, 0.15) is 32.5 Å². The van der Waals surface area contributed by atoms with Gasteiger partial charge in [0.2, 0.25) is 5.91 Å². The molecule has 9 nitrogen and oxygen atoms in total. The number of hydrogen-bond acceptors (Lipinski definition) is 8. The van der Waals surface area contributed by atoms with Gasteiger partial charge in [-0.3, -0.25) is 9.59 Å². The standard InChI is InChI=1S/C22H23Cl2N5O4S2/c1-6-29-18(13-8-7-12(23)9-14(13)24)26-27-22(29)34-10-15(30)25-19-16(21(32)33-5)11(2)17(35-19)20(31)28(3)4/h7-9H,6,10H2,1-5H3,(H,25,30). The van der Waals surface area contributed by atoms with Crippen LogP contribution in [0.15, 0.2) is 23.4 Å². The minimum atomic E-state index is -0.630. The van der Waals surface area contributed by atoms with Crippen molar-refractivity contribution in [1.82, 2.24) is 19.7 Å². The maximum atomic E-state index is 12.8. The topological polar surface area (TPSA) is 106 Å². The molecule has 0 aliphatic heterocycles. The molecule has 3 rings (SSSR count). The molecule has 35 heavy (non-hydrogen) atoms. The zero-order valence-corrected chi connectivity index (χ0v) is 22.8. The summed E-state index contributed by atoms with van der Waals surface area (Å²) in [6, 6.07) is 5.11. The lowest BCUT2D eigenvalue weighted by atomic mass is 10.1. The van der Waals surface area contributed by atoms with Crippen molar-refractivity contribution in [3.05, 3.63) is 44.2 Å². The molecule has 0 spiro atoms. The maximum absolute atomic E-state index is 12.8. The number of halogens is 2. The van der Waals surface area contributed by atoms with E-state index in [0.717, 1.165) is 11.3 Å². The number of aromatic nitrogens is 3. The summed E-state index contributed by atoms with van der Waals surface area (Å²) >= 11 is 14.5. The Morgan fingerprint density at radius 2 is 1.94 bits per heavy atom. The van der Waals surface area contributed by atoms with Gasteiger partial charge in [0.15, 0.2) is 11.0 Å². The van der Waals surface area contributed by atoms with E-state index in [-0.39, 0.29) is 28.1 Å². The second-order valence-corrected chi connectivity index (χ2v) is 10.3. The van der Waals surface area contributed by atoms with E-state index in [1.54, 1.807) is 39.2 Å². The van der Waals surface area contributed by atoms with Crippen molar-refractivity contribution < 1.29 is 19.1 Å². The normalized spacial score (nSPS) is 10.8. The van der Waals surface area contributed by atoms with Crippen molar-refractivity contribution in [2.75, 3.05) is 32.3 Å². The molecule has 1 aromatic carbocycles. The largest absolute Gasteiger partial charge is 0.465 e. The number of anilines is 1. The lowest BCUT2D eigenvalue weighted by Gasteiger charge is -2.09. The van der Waals surface area contributed by atoms with E-state index in [1.165, 1.54) is 23.8 Å². The summed E-state index contributed by atoms with van der Waals surface area (Å²) < 4.78 is 6.70. The number of nitrogens with one attached hydrogen (secondary N) is 1. The van der Waals surface area contributed by atoms with Crippen molar-refractivity contribution in [1.29, 1.82) is 0 Å². The third-order valence-corrected chi connectivity index (χ3v) is 7.64. The van der Waals surface area contributed by atoms with Crippen LogP contribution in [0.4, 0.5) is 5.00 Å². The highest BCUT2D eigenvalue weighted by molar-refractivity contribution is 7.99. The molecule has 0 saturated heterocycles. The van der Waals surface area contributed by atoms with Gasteiger partial charge in [0, 0.05) is 31.2 Å². The molecule has 0 atom stereocenters. The Labute approximate surface area is 220 Å². The Bertz CT molecular complexity index is 1290. The number of amides is 2. The van der Waals surface area contributed by atoms with E-state index < -0.39 is 5.97 Å². The molecule has 2 amide bonds. The zero-order chi connectivity index (χ0) is 25.9. The van der Waals surface area contributed by atoms with Crippen LogP contribution < -0.4 is 5.32 Å². The van der Waals surface area contributed by atoms with Crippen LogP contribution in [-0.2, 0) is 16.1 Å². The number of thioether (sulfide) groups is 1. The van der Waals surface area contributed by atoms with E-state index in [4.69, 9.17) is 27.9 Å². The van der Waals surface area contributed by atoms with E-state index in [1.807, 2.05) is 11.5 Å².